The van der Waals surface area contributed by atoms with Gasteiger partial charge in [0.1, 0.15) is 12.4 Å². The van der Waals surface area contributed by atoms with Crippen molar-refractivity contribution in [1.82, 2.24) is 15.3 Å². The fourth-order valence-electron chi connectivity index (χ4n) is 2.69. The van der Waals surface area contributed by atoms with Crippen LogP contribution < -0.4 is 10.2 Å². The van der Waals surface area contributed by atoms with Crippen molar-refractivity contribution < 1.29 is 18.8 Å². The van der Waals surface area contributed by atoms with E-state index in [1.165, 1.54) is 7.11 Å². The quantitative estimate of drug-likeness (QED) is 0.548. The van der Waals surface area contributed by atoms with Gasteiger partial charge >= 0.3 is 0 Å². The number of anilines is 1. The molecule has 8 nitrogen and oxygen atoms in total. The number of nitrogens with zero attached hydrogens (tertiary/aromatic N) is 4. The molecule has 2 heterocycles. The Morgan fingerprint density at radius 1 is 1.32 bits per heavy atom. The van der Waals surface area contributed by atoms with Gasteiger partial charge in [0, 0.05) is 43.2 Å². The van der Waals surface area contributed by atoms with Gasteiger partial charge < -0.3 is 19.8 Å². The van der Waals surface area contributed by atoms with Gasteiger partial charge in [-0.25, -0.2) is 14.4 Å². The third-order valence-electron chi connectivity index (χ3n) is 4.25. The molecular formula is C19H22FN5O3. The van der Waals surface area contributed by atoms with E-state index >= 15 is 0 Å². The first-order chi connectivity index (χ1) is 13.6. The zero-order valence-electron chi connectivity index (χ0n) is 15.8. The van der Waals surface area contributed by atoms with Crippen LogP contribution in [0, 0.1) is 5.82 Å². The van der Waals surface area contributed by atoms with Gasteiger partial charge in [0.2, 0.25) is 11.9 Å². The van der Waals surface area contributed by atoms with Gasteiger partial charge in [0.25, 0.3) is 0 Å². The van der Waals surface area contributed by atoms with Gasteiger partial charge in [-0.3, -0.25) is 4.79 Å². The molecule has 1 saturated heterocycles. The smallest absolute Gasteiger partial charge is 0.225 e. The normalized spacial score (nSPS) is 13.1. The molecule has 1 aliphatic rings. The third kappa shape index (κ3) is 4.61. The van der Waals surface area contributed by atoms with E-state index in [2.05, 4.69) is 20.4 Å². The summed E-state index contributed by atoms with van der Waals surface area (Å²) >= 11 is 0. The molecule has 1 fully saturated rings. The number of nitrogens with one attached hydrogen (secondary N) is 1. The Hall–Kier alpha value is -3.07. The largest absolute Gasteiger partial charge is 0.395 e. The number of halogens is 1. The highest BCUT2D eigenvalue weighted by molar-refractivity contribution is 5.98. The molecule has 1 aromatic heterocycles. The van der Waals surface area contributed by atoms with Gasteiger partial charge in [-0.15, -0.1) is 0 Å². The van der Waals surface area contributed by atoms with Crippen LogP contribution in [0.4, 0.5) is 10.3 Å². The van der Waals surface area contributed by atoms with Gasteiger partial charge in [0.05, 0.1) is 31.8 Å². The van der Waals surface area contributed by atoms with Crippen molar-refractivity contribution in [3.05, 3.63) is 42.0 Å². The molecule has 0 bridgehead atoms. The number of carbonyl (C=O) groups is 1. The van der Waals surface area contributed by atoms with Gasteiger partial charge in [-0.1, -0.05) is 23.4 Å². The zero-order chi connectivity index (χ0) is 19.9. The molecule has 3 rings (SSSR count). The Morgan fingerprint density at radius 2 is 2.07 bits per heavy atom. The van der Waals surface area contributed by atoms with Crippen molar-refractivity contribution in [3.8, 4) is 11.1 Å². The predicted octanol–water partition coefficient (Wildman–Crippen LogP) is 1.76. The van der Waals surface area contributed by atoms with Crippen LogP contribution in [0.25, 0.3) is 11.1 Å². The highest BCUT2D eigenvalue weighted by Gasteiger charge is 2.25. The van der Waals surface area contributed by atoms with Gasteiger partial charge in [0.15, 0.2) is 0 Å². The standard InChI is InChI=1S/C19H22FN5O3/c1-21-17(26)6-7-28-24-15-10-25(11-15)19-22-8-14(9-23-19)16-5-3-4-13(12-27-2)18(16)20/h3-5,8-9H,6-7,10-12H2,1-2H3,(H,21,26). The lowest BCUT2D eigenvalue weighted by atomic mass is 10.1. The minimum Gasteiger partial charge on any atom is -0.395 e. The molecule has 1 N–H and O–H groups in total. The fourth-order valence-corrected chi connectivity index (χ4v) is 2.69. The summed E-state index contributed by atoms with van der Waals surface area (Å²) in [5, 5.41) is 6.51. The molecule has 0 spiro atoms. The van der Waals surface area contributed by atoms with E-state index < -0.39 is 0 Å². The second kappa shape index (κ2) is 9.23. The second-order valence-corrected chi connectivity index (χ2v) is 6.25. The molecule has 1 amide bonds. The van der Waals surface area contributed by atoms with E-state index in [9.17, 15) is 9.18 Å². The minimum atomic E-state index is -0.326. The molecule has 28 heavy (non-hydrogen) atoms. The Bertz CT molecular complexity index is 849. The van der Waals surface area contributed by atoms with Crippen molar-refractivity contribution >= 4 is 17.6 Å². The Balaban J connectivity index is 1.56. The number of oxime groups is 1. The van der Waals surface area contributed by atoms with E-state index in [0.29, 0.717) is 35.7 Å². The summed E-state index contributed by atoms with van der Waals surface area (Å²) < 4.78 is 19.6. The maximum atomic E-state index is 14.6. The third-order valence-corrected chi connectivity index (χ3v) is 4.25. The number of hydrogen-bond acceptors (Lipinski definition) is 7. The molecule has 0 aliphatic carbocycles. The minimum absolute atomic E-state index is 0.0897. The zero-order valence-corrected chi connectivity index (χ0v) is 15.8. The predicted molar refractivity (Wildman–Crippen MR) is 102 cm³/mol. The lowest BCUT2D eigenvalue weighted by Gasteiger charge is -2.31. The van der Waals surface area contributed by atoms with Gasteiger partial charge in [-0.05, 0) is 0 Å². The number of methoxy groups -OCH3 is 1. The lowest BCUT2D eigenvalue weighted by molar-refractivity contribution is -0.121. The maximum absolute atomic E-state index is 14.6. The SMILES string of the molecule is CNC(=O)CCON=C1CN(c2ncc(-c3cccc(COC)c3F)cn2)C1. The summed E-state index contributed by atoms with van der Waals surface area (Å²) in [7, 11) is 3.11. The second-order valence-electron chi connectivity index (χ2n) is 6.25. The summed E-state index contributed by atoms with van der Waals surface area (Å²) in [4.78, 5) is 26.8. The van der Waals surface area contributed by atoms with E-state index in [-0.39, 0.29) is 31.4 Å². The highest BCUT2D eigenvalue weighted by atomic mass is 19.1. The van der Waals surface area contributed by atoms with E-state index in [4.69, 9.17) is 9.57 Å². The Kier molecular flexibility index (Phi) is 6.49. The number of amides is 1. The number of hydrogen-bond donors (Lipinski definition) is 1. The molecule has 148 valence electrons. The molecule has 9 heteroatoms. The number of aromatic nitrogens is 2. The molecule has 2 aromatic rings. The topological polar surface area (TPSA) is 88.9 Å². The summed E-state index contributed by atoms with van der Waals surface area (Å²) in [6.45, 7) is 1.55. The van der Waals surface area contributed by atoms with Crippen LogP contribution in [-0.4, -0.2) is 55.4 Å². The van der Waals surface area contributed by atoms with Crippen molar-refractivity contribution in [2.75, 3.05) is 38.8 Å². The van der Waals surface area contributed by atoms with Crippen molar-refractivity contribution in [2.45, 2.75) is 13.0 Å². The van der Waals surface area contributed by atoms with Crippen LogP contribution >= 0.6 is 0 Å². The molecule has 1 aromatic carbocycles. The van der Waals surface area contributed by atoms with E-state index in [1.807, 2.05) is 4.90 Å². The van der Waals surface area contributed by atoms with Crippen LogP contribution in [0.5, 0.6) is 0 Å². The summed E-state index contributed by atoms with van der Waals surface area (Å²) in [5.41, 5.74) is 2.38. The first kappa shape index (κ1) is 19.7. The molecule has 0 atom stereocenters. The number of rotatable bonds is 8. The van der Waals surface area contributed by atoms with Crippen LogP contribution in [0.3, 0.4) is 0 Å². The van der Waals surface area contributed by atoms with Crippen LogP contribution in [0.1, 0.15) is 12.0 Å². The molecule has 0 saturated carbocycles. The Morgan fingerprint density at radius 3 is 2.75 bits per heavy atom. The number of carbonyl (C=O) groups excluding carboxylic acids is 1. The molecule has 0 unspecified atom stereocenters. The van der Waals surface area contributed by atoms with Gasteiger partial charge in [-0.2, -0.15) is 0 Å². The summed E-state index contributed by atoms with van der Waals surface area (Å²) in [6.07, 6.45) is 3.47. The first-order valence-electron chi connectivity index (χ1n) is 8.84. The first-order valence-corrected chi connectivity index (χ1v) is 8.84. The van der Waals surface area contributed by atoms with Crippen molar-refractivity contribution in [2.24, 2.45) is 5.16 Å². The van der Waals surface area contributed by atoms with Crippen LogP contribution in [-0.2, 0) is 21.0 Å². The maximum Gasteiger partial charge on any atom is 0.225 e. The number of ether oxygens (including phenoxy) is 1. The summed E-state index contributed by atoms with van der Waals surface area (Å²) in [6, 6.07) is 5.16. The average molecular weight is 387 g/mol. The number of benzene rings is 1. The van der Waals surface area contributed by atoms with Crippen molar-refractivity contribution in [1.29, 1.82) is 0 Å². The van der Waals surface area contributed by atoms with Crippen molar-refractivity contribution in [3.63, 3.8) is 0 Å². The molecule has 0 radical (unpaired) electrons. The average Bonchev–Trinajstić information content (AvgIpc) is 2.68. The highest BCUT2D eigenvalue weighted by Crippen LogP contribution is 2.25. The lowest BCUT2D eigenvalue weighted by Crippen LogP contribution is -2.48. The summed E-state index contributed by atoms with van der Waals surface area (Å²) in [5.74, 6) is 0.127. The van der Waals surface area contributed by atoms with E-state index in [1.54, 1.807) is 37.6 Å². The fraction of sp³-hybridized carbons (Fsp3) is 0.368. The Labute approximate surface area is 162 Å². The van der Waals surface area contributed by atoms with Crippen LogP contribution in [0.2, 0.25) is 0 Å². The van der Waals surface area contributed by atoms with E-state index in [0.717, 1.165) is 5.71 Å². The molecular weight excluding hydrogens is 365 g/mol. The monoisotopic (exact) mass is 387 g/mol. The van der Waals surface area contributed by atoms with Crippen LogP contribution in [0.15, 0.2) is 35.7 Å². The molecule has 1 aliphatic heterocycles.